The van der Waals surface area contributed by atoms with Crippen LogP contribution in [-0.2, 0) is 27.2 Å². The molecule has 6 heteroatoms. The second-order valence-corrected chi connectivity index (χ2v) is 7.71. The highest BCUT2D eigenvalue weighted by molar-refractivity contribution is 9.10. The van der Waals surface area contributed by atoms with Crippen molar-refractivity contribution in [3.8, 4) is 0 Å². The van der Waals surface area contributed by atoms with Crippen LogP contribution in [0.3, 0.4) is 0 Å². The molecule has 2 heterocycles. The maximum Gasteiger partial charge on any atom is 0.410 e. The van der Waals surface area contributed by atoms with E-state index in [9.17, 15) is 4.79 Å². The molecule has 0 atom stereocenters. The molecule has 134 valence electrons. The van der Waals surface area contributed by atoms with Crippen molar-refractivity contribution in [1.29, 1.82) is 0 Å². The average molecular weight is 400 g/mol. The van der Waals surface area contributed by atoms with Gasteiger partial charge in [-0.1, -0.05) is 22.0 Å². The fourth-order valence-corrected chi connectivity index (χ4v) is 2.86. The van der Waals surface area contributed by atoms with Gasteiger partial charge in [-0.05, 0) is 50.5 Å². The number of carbonyl (C=O) groups excluding carboxylic acids is 1. The van der Waals surface area contributed by atoms with Gasteiger partial charge in [0.1, 0.15) is 5.60 Å². The molecule has 0 N–H and O–H groups in total. The molecule has 1 aromatic carbocycles. The average Bonchev–Trinajstić information content (AvgIpc) is 2.55. The Balaban J connectivity index is 0.000000292. The number of halogens is 1. The fourth-order valence-electron chi connectivity index (χ4n) is 2.45. The minimum Gasteiger partial charge on any atom is -0.444 e. The van der Waals surface area contributed by atoms with E-state index in [1.54, 1.807) is 4.90 Å². The van der Waals surface area contributed by atoms with Gasteiger partial charge in [-0.3, -0.25) is 0 Å². The van der Waals surface area contributed by atoms with Gasteiger partial charge in [0.15, 0.2) is 0 Å². The number of fused-ring (bicyclic) bond motifs is 1. The van der Waals surface area contributed by atoms with E-state index in [1.807, 2.05) is 26.8 Å². The van der Waals surface area contributed by atoms with E-state index in [2.05, 4.69) is 28.1 Å². The second-order valence-electron chi connectivity index (χ2n) is 6.79. The summed E-state index contributed by atoms with van der Waals surface area (Å²) in [5.74, 6) is 0. The van der Waals surface area contributed by atoms with Gasteiger partial charge in [-0.25, -0.2) is 4.79 Å². The summed E-state index contributed by atoms with van der Waals surface area (Å²) in [5.41, 5.74) is 2.08. The number of hydrogen-bond acceptors (Lipinski definition) is 4. The van der Waals surface area contributed by atoms with Crippen LogP contribution in [0.1, 0.15) is 31.9 Å². The van der Waals surface area contributed by atoms with Crippen molar-refractivity contribution in [3.05, 3.63) is 33.8 Å². The number of benzene rings is 1. The van der Waals surface area contributed by atoms with Crippen LogP contribution in [0.25, 0.3) is 0 Å². The Morgan fingerprint density at radius 3 is 2.29 bits per heavy atom. The van der Waals surface area contributed by atoms with Crippen molar-refractivity contribution in [1.82, 2.24) is 4.90 Å². The van der Waals surface area contributed by atoms with E-state index in [0.717, 1.165) is 43.9 Å². The highest BCUT2D eigenvalue weighted by Gasteiger charge is 2.25. The molecule has 24 heavy (non-hydrogen) atoms. The SMILES string of the molecule is C1COCCO1.CC(C)(C)OC(=O)N1CCc2ccc(Br)cc2C1. The van der Waals surface area contributed by atoms with Gasteiger partial charge < -0.3 is 19.1 Å². The fraction of sp³-hybridized carbons (Fsp3) is 0.611. The zero-order valence-corrected chi connectivity index (χ0v) is 16.2. The Bertz CT molecular complexity index is 541. The van der Waals surface area contributed by atoms with E-state index in [4.69, 9.17) is 14.2 Å². The molecule has 5 nitrogen and oxygen atoms in total. The van der Waals surface area contributed by atoms with Gasteiger partial charge in [0, 0.05) is 17.6 Å². The molecule has 0 aromatic heterocycles. The normalized spacial score (nSPS) is 17.4. The largest absolute Gasteiger partial charge is 0.444 e. The van der Waals surface area contributed by atoms with Crippen LogP contribution in [0.4, 0.5) is 4.79 Å². The first-order valence-corrected chi connectivity index (χ1v) is 9.05. The van der Waals surface area contributed by atoms with Crippen LogP contribution in [0.2, 0.25) is 0 Å². The van der Waals surface area contributed by atoms with Gasteiger partial charge in [-0.15, -0.1) is 0 Å². The lowest BCUT2D eigenvalue weighted by molar-refractivity contribution is -0.0334. The van der Waals surface area contributed by atoms with Crippen molar-refractivity contribution >= 4 is 22.0 Å². The van der Waals surface area contributed by atoms with Crippen molar-refractivity contribution in [2.24, 2.45) is 0 Å². The molecule has 0 bridgehead atoms. The first-order chi connectivity index (χ1) is 11.3. The summed E-state index contributed by atoms with van der Waals surface area (Å²) in [6.07, 6.45) is 0.662. The van der Waals surface area contributed by atoms with E-state index in [1.165, 1.54) is 11.1 Å². The molecule has 0 spiro atoms. The summed E-state index contributed by atoms with van der Waals surface area (Å²) >= 11 is 3.46. The van der Waals surface area contributed by atoms with Gasteiger partial charge in [-0.2, -0.15) is 0 Å². The van der Waals surface area contributed by atoms with Crippen molar-refractivity contribution in [2.75, 3.05) is 33.0 Å². The number of rotatable bonds is 0. The van der Waals surface area contributed by atoms with Crippen molar-refractivity contribution < 1.29 is 19.0 Å². The molecule has 2 aliphatic rings. The molecule has 1 fully saturated rings. The zero-order valence-electron chi connectivity index (χ0n) is 14.6. The standard InChI is InChI=1S/C14H18BrNO2.C4H8O2/c1-14(2,3)18-13(17)16-7-6-10-4-5-12(15)8-11(10)9-16;1-2-6-4-3-5-1/h4-5,8H,6-7,9H2,1-3H3;1-4H2. The summed E-state index contributed by atoms with van der Waals surface area (Å²) in [6, 6.07) is 6.24. The summed E-state index contributed by atoms with van der Waals surface area (Å²) < 4.78 is 16.3. The molecule has 3 rings (SSSR count). The van der Waals surface area contributed by atoms with Crippen LogP contribution < -0.4 is 0 Å². The molecule has 0 radical (unpaired) electrons. The Kier molecular flexibility index (Phi) is 7.07. The van der Waals surface area contributed by atoms with Crippen LogP contribution in [-0.4, -0.2) is 49.6 Å². The van der Waals surface area contributed by atoms with Crippen molar-refractivity contribution in [3.63, 3.8) is 0 Å². The third kappa shape index (κ3) is 6.42. The Morgan fingerprint density at radius 1 is 1.12 bits per heavy atom. The molecular weight excluding hydrogens is 374 g/mol. The lowest BCUT2D eigenvalue weighted by Crippen LogP contribution is -2.39. The van der Waals surface area contributed by atoms with Gasteiger partial charge in [0.25, 0.3) is 0 Å². The smallest absolute Gasteiger partial charge is 0.410 e. The van der Waals surface area contributed by atoms with Crippen LogP contribution >= 0.6 is 15.9 Å². The number of amides is 1. The van der Waals surface area contributed by atoms with Gasteiger partial charge >= 0.3 is 6.09 Å². The molecule has 1 amide bonds. The van der Waals surface area contributed by atoms with Gasteiger partial charge in [0.05, 0.1) is 26.4 Å². The number of hydrogen-bond donors (Lipinski definition) is 0. The highest BCUT2D eigenvalue weighted by Crippen LogP contribution is 2.24. The summed E-state index contributed by atoms with van der Waals surface area (Å²) in [4.78, 5) is 13.8. The molecule has 1 aromatic rings. The Hall–Kier alpha value is -1.11. The number of carbonyl (C=O) groups is 1. The summed E-state index contributed by atoms with van der Waals surface area (Å²) in [5, 5.41) is 0. The molecule has 0 aliphatic carbocycles. The minimum atomic E-state index is -0.436. The predicted molar refractivity (Wildman–Crippen MR) is 96.1 cm³/mol. The lowest BCUT2D eigenvalue weighted by atomic mass is 10.0. The molecule has 0 unspecified atom stereocenters. The Labute approximate surface area is 152 Å². The number of ether oxygens (including phenoxy) is 3. The first-order valence-electron chi connectivity index (χ1n) is 8.26. The quantitative estimate of drug-likeness (QED) is 0.665. The monoisotopic (exact) mass is 399 g/mol. The van der Waals surface area contributed by atoms with E-state index < -0.39 is 5.60 Å². The molecule has 1 saturated heterocycles. The summed E-state index contributed by atoms with van der Waals surface area (Å²) in [6.45, 7) is 10.1. The third-order valence-corrected chi connectivity index (χ3v) is 4.07. The minimum absolute atomic E-state index is 0.229. The summed E-state index contributed by atoms with van der Waals surface area (Å²) in [7, 11) is 0. The lowest BCUT2D eigenvalue weighted by Gasteiger charge is -2.31. The highest BCUT2D eigenvalue weighted by atomic mass is 79.9. The Morgan fingerprint density at radius 2 is 1.75 bits per heavy atom. The predicted octanol–water partition coefficient (Wildman–Crippen LogP) is 3.78. The molecule has 2 aliphatic heterocycles. The first kappa shape index (κ1) is 19.2. The zero-order chi connectivity index (χ0) is 17.6. The van der Waals surface area contributed by atoms with Crippen LogP contribution in [0.5, 0.6) is 0 Å². The van der Waals surface area contributed by atoms with Crippen LogP contribution in [0.15, 0.2) is 22.7 Å². The van der Waals surface area contributed by atoms with E-state index in [0.29, 0.717) is 6.54 Å². The topological polar surface area (TPSA) is 48.0 Å². The third-order valence-electron chi connectivity index (χ3n) is 3.58. The van der Waals surface area contributed by atoms with Crippen LogP contribution in [0, 0.1) is 0 Å². The maximum absolute atomic E-state index is 12.0. The molecule has 0 saturated carbocycles. The molecular formula is C18H26BrNO4. The second kappa shape index (κ2) is 8.83. The number of nitrogens with zero attached hydrogens (tertiary/aromatic N) is 1. The maximum atomic E-state index is 12.0. The van der Waals surface area contributed by atoms with E-state index >= 15 is 0 Å². The van der Waals surface area contributed by atoms with Gasteiger partial charge in [0.2, 0.25) is 0 Å². The van der Waals surface area contributed by atoms with Crippen molar-refractivity contribution in [2.45, 2.75) is 39.3 Å². The van der Waals surface area contributed by atoms with E-state index in [-0.39, 0.29) is 6.09 Å².